The molecule has 4 atom stereocenters. The average Bonchev–Trinajstić information content (AvgIpc) is 2.79. The topological polar surface area (TPSA) is 49.4 Å². The third kappa shape index (κ3) is 2.93. The Morgan fingerprint density at radius 2 is 1.95 bits per heavy atom. The molecular formula is C15H26N2O2. The molecule has 1 saturated carbocycles. The van der Waals surface area contributed by atoms with Crippen molar-refractivity contribution < 1.29 is 9.59 Å². The summed E-state index contributed by atoms with van der Waals surface area (Å²) in [5.41, 5.74) is 0. The van der Waals surface area contributed by atoms with E-state index >= 15 is 0 Å². The fourth-order valence-corrected chi connectivity index (χ4v) is 3.49. The molecule has 1 aliphatic carbocycles. The molecule has 4 nitrogen and oxygen atoms in total. The molecule has 2 amide bonds. The minimum absolute atomic E-state index is 0.0278. The zero-order valence-corrected chi connectivity index (χ0v) is 12.3. The summed E-state index contributed by atoms with van der Waals surface area (Å²) in [6, 6.07) is -0.569. The Bertz CT molecular complexity index is 356. The Labute approximate surface area is 115 Å². The Balaban J connectivity index is 2.08. The van der Waals surface area contributed by atoms with Gasteiger partial charge in [-0.15, -0.1) is 0 Å². The lowest BCUT2D eigenvalue weighted by molar-refractivity contribution is -0.150. The van der Waals surface area contributed by atoms with Crippen LogP contribution in [0.3, 0.4) is 0 Å². The summed E-state index contributed by atoms with van der Waals surface area (Å²) in [7, 11) is 0. The molecule has 1 aliphatic heterocycles. The van der Waals surface area contributed by atoms with Crippen LogP contribution in [0.25, 0.3) is 0 Å². The lowest BCUT2D eigenvalue weighted by atomic mass is 9.99. The van der Waals surface area contributed by atoms with Crippen LogP contribution in [0, 0.1) is 11.8 Å². The third-order valence-electron chi connectivity index (χ3n) is 4.63. The molecule has 2 fully saturated rings. The van der Waals surface area contributed by atoms with E-state index in [1.165, 1.54) is 19.3 Å². The standard InChI is InChI=1S/C15H26N2O2/c1-4-12-15(19)17(13(5-2)14(18)16-12)9-11-7-6-10(3)8-11/h10-13H,4-9H2,1-3H3,(H,16,18). The molecule has 1 N–H and O–H groups in total. The molecule has 108 valence electrons. The number of hydrogen-bond donors (Lipinski definition) is 1. The zero-order chi connectivity index (χ0) is 14.0. The second kappa shape index (κ2) is 5.93. The van der Waals surface area contributed by atoms with Gasteiger partial charge in [0.15, 0.2) is 0 Å². The van der Waals surface area contributed by atoms with E-state index < -0.39 is 0 Å². The van der Waals surface area contributed by atoms with Crippen molar-refractivity contribution in [3.05, 3.63) is 0 Å². The SMILES string of the molecule is CCC1NC(=O)C(CC)N(CC2CCC(C)C2)C1=O. The number of nitrogens with one attached hydrogen (secondary N) is 1. The first-order valence-electron chi connectivity index (χ1n) is 7.67. The van der Waals surface area contributed by atoms with Crippen LogP contribution in [0.5, 0.6) is 0 Å². The second-order valence-electron chi connectivity index (χ2n) is 6.17. The van der Waals surface area contributed by atoms with Crippen molar-refractivity contribution in [3.8, 4) is 0 Å². The summed E-state index contributed by atoms with van der Waals surface area (Å²) in [6.45, 7) is 6.97. The van der Waals surface area contributed by atoms with E-state index in [-0.39, 0.29) is 23.9 Å². The number of hydrogen-bond acceptors (Lipinski definition) is 2. The van der Waals surface area contributed by atoms with Crippen LogP contribution in [0.15, 0.2) is 0 Å². The maximum Gasteiger partial charge on any atom is 0.245 e. The first-order chi connectivity index (χ1) is 9.06. The lowest BCUT2D eigenvalue weighted by Gasteiger charge is -2.39. The van der Waals surface area contributed by atoms with Gasteiger partial charge in [0.25, 0.3) is 0 Å². The minimum Gasteiger partial charge on any atom is -0.343 e. The molecular weight excluding hydrogens is 240 g/mol. The monoisotopic (exact) mass is 266 g/mol. The number of nitrogens with zero attached hydrogens (tertiary/aromatic N) is 1. The summed E-state index contributed by atoms with van der Waals surface area (Å²) in [4.78, 5) is 26.4. The molecule has 19 heavy (non-hydrogen) atoms. The number of carbonyl (C=O) groups excluding carboxylic acids is 2. The number of rotatable bonds is 4. The highest BCUT2D eigenvalue weighted by Gasteiger charge is 2.40. The maximum atomic E-state index is 12.5. The van der Waals surface area contributed by atoms with Gasteiger partial charge in [-0.1, -0.05) is 27.2 Å². The lowest BCUT2D eigenvalue weighted by Crippen LogP contribution is -2.63. The highest BCUT2D eigenvalue weighted by molar-refractivity contribution is 5.96. The Kier molecular flexibility index (Phi) is 4.48. The van der Waals surface area contributed by atoms with E-state index in [4.69, 9.17) is 0 Å². The highest BCUT2D eigenvalue weighted by atomic mass is 16.2. The maximum absolute atomic E-state index is 12.5. The van der Waals surface area contributed by atoms with E-state index in [0.717, 1.165) is 12.5 Å². The van der Waals surface area contributed by atoms with Crippen molar-refractivity contribution in [2.45, 2.75) is 65.0 Å². The first kappa shape index (κ1) is 14.4. The molecule has 4 unspecified atom stereocenters. The fourth-order valence-electron chi connectivity index (χ4n) is 3.49. The summed E-state index contributed by atoms with van der Waals surface area (Å²) in [5.74, 6) is 1.49. The molecule has 1 heterocycles. The van der Waals surface area contributed by atoms with Gasteiger partial charge < -0.3 is 10.2 Å². The van der Waals surface area contributed by atoms with Crippen molar-refractivity contribution >= 4 is 11.8 Å². The first-order valence-corrected chi connectivity index (χ1v) is 7.67. The van der Waals surface area contributed by atoms with Crippen molar-refractivity contribution in [1.82, 2.24) is 10.2 Å². The van der Waals surface area contributed by atoms with E-state index in [9.17, 15) is 9.59 Å². The molecule has 1 saturated heterocycles. The molecule has 0 radical (unpaired) electrons. The summed E-state index contributed by atoms with van der Waals surface area (Å²) in [6.07, 6.45) is 5.03. The van der Waals surface area contributed by atoms with Gasteiger partial charge in [0.05, 0.1) is 0 Å². The van der Waals surface area contributed by atoms with Crippen LogP contribution in [0.1, 0.15) is 52.9 Å². The van der Waals surface area contributed by atoms with Crippen molar-refractivity contribution in [3.63, 3.8) is 0 Å². The van der Waals surface area contributed by atoms with Crippen LogP contribution in [-0.4, -0.2) is 35.3 Å². The quantitative estimate of drug-likeness (QED) is 0.845. The van der Waals surface area contributed by atoms with Crippen molar-refractivity contribution in [1.29, 1.82) is 0 Å². The number of piperazine rings is 1. The van der Waals surface area contributed by atoms with Crippen molar-refractivity contribution in [2.24, 2.45) is 11.8 Å². The van der Waals surface area contributed by atoms with Crippen LogP contribution < -0.4 is 5.32 Å². The van der Waals surface area contributed by atoms with Gasteiger partial charge >= 0.3 is 0 Å². The fraction of sp³-hybridized carbons (Fsp3) is 0.867. The van der Waals surface area contributed by atoms with Crippen molar-refractivity contribution in [2.75, 3.05) is 6.54 Å². The summed E-state index contributed by atoms with van der Waals surface area (Å²) >= 11 is 0. The van der Waals surface area contributed by atoms with Crippen LogP contribution in [0.2, 0.25) is 0 Å². The van der Waals surface area contributed by atoms with E-state index in [1.54, 1.807) is 0 Å². The largest absolute Gasteiger partial charge is 0.343 e. The van der Waals surface area contributed by atoms with Gasteiger partial charge in [0.1, 0.15) is 12.1 Å². The Morgan fingerprint density at radius 1 is 1.21 bits per heavy atom. The van der Waals surface area contributed by atoms with Gasteiger partial charge in [-0.05, 0) is 37.5 Å². The second-order valence-corrected chi connectivity index (χ2v) is 6.17. The average molecular weight is 266 g/mol. The van der Waals surface area contributed by atoms with Gasteiger partial charge in [-0.3, -0.25) is 9.59 Å². The zero-order valence-electron chi connectivity index (χ0n) is 12.3. The van der Waals surface area contributed by atoms with Crippen LogP contribution >= 0.6 is 0 Å². The third-order valence-corrected chi connectivity index (χ3v) is 4.63. The summed E-state index contributed by atoms with van der Waals surface area (Å²) in [5, 5.41) is 2.85. The minimum atomic E-state index is -0.311. The molecule has 4 heteroatoms. The van der Waals surface area contributed by atoms with E-state index in [0.29, 0.717) is 18.8 Å². The molecule has 0 spiro atoms. The van der Waals surface area contributed by atoms with Gasteiger partial charge in [-0.25, -0.2) is 0 Å². The van der Waals surface area contributed by atoms with E-state index in [1.807, 2.05) is 18.7 Å². The summed E-state index contributed by atoms with van der Waals surface area (Å²) < 4.78 is 0. The predicted molar refractivity (Wildman–Crippen MR) is 74.5 cm³/mol. The van der Waals surface area contributed by atoms with E-state index in [2.05, 4.69) is 12.2 Å². The Morgan fingerprint density at radius 3 is 2.47 bits per heavy atom. The molecule has 2 aliphatic rings. The smallest absolute Gasteiger partial charge is 0.245 e. The molecule has 0 bridgehead atoms. The molecule has 0 aromatic carbocycles. The molecule has 2 rings (SSSR count). The van der Waals surface area contributed by atoms with Crippen LogP contribution in [-0.2, 0) is 9.59 Å². The molecule has 0 aromatic heterocycles. The molecule has 0 aromatic rings. The highest BCUT2D eigenvalue weighted by Crippen LogP contribution is 2.32. The predicted octanol–water partition coefficient (Wildman–Crippen LogP) is 1.94. The van der Waals surface area contributed by atoms with Crippen LogP contribution in [0.4, 0.5) is 0 Å². The van der Waals surface area contributed by atoms with Gasteiger partial charge in [0, 0.05) is 6.54 Å². The van der Waals surface area contributed by atoms with Gasteiger partial charge in [0.2, 0.25) is 11.8 Å². The Hall–Kier alpha value is -1.06. The normalized spacial score (nSPS) is 35.6. The van der Waals surface area contributed by atoms with Gasteiger partial charge in [-0.2, -0.15) is 0 Å². The number of carbonyl (C=O) groups is 2. The number of amides is 2.